The standard InChI is InChI=1S/C16H14N2O3/c1-10-6-14(19)18(11(2)15(10)16(20)21)9-13-5-3-4-12(7-13)8-17/h3-7H,9H2,1-2H3,(H,20,21). The van der Waals surface area contributed by atoms with Crippen LogP contribution in [0.15, 0.2) is 35.1 Å². The summed E-state index contributed by atoms with van der Waals surface area (Å²) < 4.78 is 1.41. The number of rotatable bonds is 3. The van der Waals surface area contributed by atoms with Gasteiger partial charge in [-0.25, -0.2) is 4.79 Å². The quantitative estimate of drug-likeness (QED) is 0.934. The number of carboxylic acid groups (broad SMARTS) is 1. The summed E-state index contributed by atoms with van der Waals surface area (Å²) in [6.45, 7) is 3.46. The summed E-state index contributed by atoms with van der Waals surface area (Å²) in [6.07, 6.45) is 0. The Hall–Kier alpha value is -2.87. The molecule has 0 amide bonds. The topological polar surface area (TPSA) is 83.1 Å². The third-order valence-electron chi connectivity index (χ3n) is 3.38. The minimum Gasteiger partial charge on any atom is -0.478 e. The van der Waals surface area contributed by atoms with Gasteiger partial charge in [-0.15, -0.1) is 0 Å². The van der Waals surface area contributed by atoms with Crippen molar-refractivity contribution in [2.45, 2.75) is 20.4 Å². The summed E-state index contributed by atoms with van der Waals surface area (Å²) in [4.78, 5) is 23.4. The van der Waals surface area contributed by atoms with Crippen molar-refractivity contribution in [2.24, 2.45) is 0 Å². The molecule has 0 spiro atoms. The van der Waals surface area contributed by atoms with E-state index in [1.807, 2.05) is 6.07 Å². The predicted molar refractivity (Wildman–Crippen MR) is 77.4 cm³/mol. The highest BCUT2D eigenvalue weighted by atomic mass is 16.4. The summed E-state index contributed by atoms with van der Waals surface area (Å²) in [6, 6.07) is 10.3. The SMILES string of the molecule is Cc1cc(=O)n(Cc2cccc(C#N)c2)c(C)c1C(=O)O. The van der Waals surface area contributed by atoms with E-state index in [0.29, 0.717) is 16.8 Å². The van der Waals surface area contributed by atoms with Gasteiger partial charge >= 0.3 is 5.97 Å². The van der Waals surface area contributed by atoms with Gasteiger partial charge in [0.2, 0.25) is 0 Å². The zero-order valence-electron chi connectivity index (χ0n) is 11.8. The molecule has 2 rings (SSSR count). The van der Waals surface area contributed by atoms with E-state index in [-0.39, 0.29) is 17.7 Å². The molecule has 0 atom stereocenters. The Morgan fingerprint density at radius 2 is 2.05 bits per heavy atom. The first kappa shape index (κ1) is 14.5. The third-order valence-corrected chi connectivity index (χ3v) is 3.38. The first-order valence-corrected chi connectivity index (χ1v) is 6.37. The predicted octanol–water partition coefficient (Wildman–Crippen LogP) is 2.08. The number of nitriles is 1. The molecule has 5 nitrogen and oxygen atoms in total. The second-order valence-electron chi connectivity index (χ2n) is 4.83. The van der Waals surface area contributed by atoms with E-state index in [1.165, 1.54) is 10.6 Å². The van der Waals surface area contributed by atoms with Crippen LogP contribution in [0.3, 0.4) is 0 Å². The summed E-state index contributed by atoms with van der Waals surface area (Å²) in [5.74, 6) is -1.05. The Kier molecular flexibility index (Phi) is 3.90. The fourth-order valence-electron chi connectivity index (χ4n) is 2.36. The monoisotopic (exact) mass is 282 g/mol. The van der Waals surface area contributed by atoms with Gasteiger partial charge in [-0.1, -0.05) is 12.1 Å². The molecule has 0 aliphatic rings. The number of hydrogen-bond donors (Lipinski definition) is 1. The van der Waals surface area contributed by atoms with Crippen molar-refractivity contribution in [1.82, 2.24) is 4.57 Å². The summed E-state index contributed by atoms with van der Waals surface area (Å²) >= 11 is 0. The van der Waals surface area contributed by atoms with Crippen LogP contribution in [0, 0.1) is 25.2 Å². The van der Waals surface area contributed by atoms with Crippen molar-refractivity contribution in [3.8, 4) is 6.07 Å². The van der Waals surface area contributed by atoms with E-state index in [0.717, 1.165) is 5.56 Å². The van der Waals surface area contributed by atoms with Crippen molar-refractivity contribution in [2.75, 3.05) is 0 Å². The highest BCUT2D eigenvalue weighted by molar-refractivity contribution is 5.90. The molecule has 106 valence electrons. The van der Waals surface area contributed by atoms with Gasteiger partial charge in [0.1, 0.15) is 0 Å². The average molecular weight is 282 g/mol. The number of carboxylic acids is 1. The van der Waals surface area contributed by atoms with Crippen LogP contribution in [-0.2, 0) is 6.54 Å². The molecule has 2 aromatic rings. The number of aromatic carboxylic acids is 1. The Balaban J connectivity index is 2.54. The zero-order valence-corrected chi connectivity index (χ0v) is 11.8. The molecule has 1 aromatic carbocycles. The van der Waals surface area contributed by atoms with Crippen LogP contribution in [0.2, 0.25) is 0 Å². The molecule has 0 aliphatic heterocycles. The van der Waals surface area contributed by atoms with Gasteiger partial charge < -0.3 is 9.67 Å². The highest BCUT2D eigenvalue weighted by Crippen LogP contribution is 2.13. The largest absolute Gasteiger partial charge is 0.478 e. The lowest BCUT2D eigenvalue weighted by Gasteiger charge is -2.14. The van der Waals surface area contributed by atoms with Crippen LogP contribution in [0.4, 0.5) is 0 Å². The maximum absolute atomic E-state index is 12.1. The van der Waals surface area contributed by atoms with Crippen LogP contribution in [0.25, 0.3) is 0 Å². The molecule has 0 saturated heterocycles. The highest BCUT2D eigenvalue weighted by Gasteiger charge is 2.15. The minimum atomic E-state index is -1.05. The van der Waals surface area contributed by atoms with E-state index < -0.39 is 5.97 Å². The molecule has 0 saturated carbocycles. The molecular weight excluding hydrogens is 268 g/mol. The van der Waals surface area contributed by atoms with Crippen LogP contribution in [-0.4, -0.2) is 15.6 Å². The van der Waals surface area contributed by atoms with Gasteiger partial charge in [-0.05, 0) is 37.1 Å². The lowest BCUT2D eigenvalue weighted by Crippen LogP contribution is -2.26. The summed E-state index contributed by atoms with van der Waals surface area (Å²) in [7, 11) is 0. The molecule has 0 fully saturated rings. The van der Waals surface area contributed by atoms with Crippen LogP contribution >= 0.6 is 0 Å². The summed E-state index contributed by atoms with van der Waals surface area (Å²) in [5, 5.41) is 18.1. The van der Waals surface area contributed by atoms with E-state index in [4.69, 9.17) is 5.26 Å². The average Bonchev–Trinajstić information content (AvgIpc) is 2.43. The Labute approximate surface area is 121 Å². The number of aromatic nitrogens is 1. The molecule has 0 unspecified atom stereocenters. The number of pyridine rings is 1. The smallest absolute Gasteiger partial charge is 0.337 e. The van der Waals surface area contributed by atoms with Crippen molar-refractivity contribution < 1.29 is 9.90 Å². The van der Waals surface area contributed by atoms with Crippen molar-refractivity contribution in [1.29, 1.82) is 5.26 Å². The normalized spacial score (nSPS) is 10.1. The van der Waals surface area contributed by atoms with Gasteiger partial charge in [-0.2, -0.15) is 5.26 Å². The molecular formula is C16H14N2O3. The van der Waals surface area contributed by atoms with Crippen molar-refractivity contribution in [3.63, 3.8) is 0 Å². The van der Waals surface area contributed by atoms with Gasteiger partial charge in [0, 0.05) is 11.8 Å². The van der Waals surface area contributed by atoms with Crippen LogP contribution in [0.5, 0.6) is 0 Å². The van der Waals surface area contributed by atoms with Gasteiger partial charge in [0.05, 0.1) is 23.7 Å². The lowest BCUT2D eigenvalue weighted by atomic mass is 10.1. The molecule has 1 N–H and O–H groups in total. The fraction of sp³-hybridized carbons (Fsp3) is 0.188. The van der Waals surface area contributed by atoms with E-state index in [1.54, 1.807) is 38.1 Å². The Morgan fingerprint density at radius 3 is 2.67 bits per heavy atom. The number of nitrogens with zero attached hydrogens (tertiary/aromatic N) is 2. The van der Waals surface area contributed by atoms with E-state index in [9.17, 15) is 14.7 Å². The number of carbonyl (C=O) groups is 1. The van der Waals surface area contributed by atoms with Gasteiger partial charge in [0.15, 0.2) is 0 Å². The zero-order chi connectivity index (χ0) is 15.6. The lowest BCUT2D eigenvalue weighted by molar-refractivity contribution is 0.0694. The number of hydrogen-bond acceptors (Lipinski definition) is 3. The minimum absolute atomic E-state index is 0.144. The maximum atomic E-state index is 12.1. The van der Waals surface area contributed by atoms with Crippen LogP contribution < -0.4 is 5.56 Å². The Bertz CT molecular complexity index is 813. The first-order valence-electron chi connectivity index (χ1n) is 6.37. The molecule has 21 heavy (non-hydrogen) atoms. The van der Waals surface area contributed by atoms with E-state index >= 15 is 0 Å². The number of aryl methyl sites for hydroxylation is 1. The second-order valence-corrected chi connectivity index (χ2v) is 4.83. The third kappa shape index (κ3) is 2.84. The van der Waals surface area contributed by atoms with Gasteiger partial charge in [-0.3, -0.25) is 4.79 Å². The maximum Gasteiger partial charge on any atom is 0.337 e. The molecule has 0 bridgehead atoms. The first-order chi connectivity index (χ1) is 9.93. The molecule has 1 aromatic heterocycles. The van der Waals surface area contributed by atoms with Crippen molar-refractivity contribution >= 4 is 5.97 Å². The van der Waals surface area contributed by atoms with E-state index in [2.05, 4.69) is 0 Å². The molecule has 1 heterocycles. The molecule has 0 radical (unpaired) electrons. The summed E-state index contributed by atoms with van der Waals surface area (Å²) in [5.41, 5.74) is 2.04. The number of benzene rings is 1. The van der Waals surface area contributed by atoms with Crippen LogP contribution in [0.1, 0.15) is 32.7 Å². The molecule has 0 aliphatic carbocycles. The molecule has 5 heteroatoms. The van der Waals surface area contributed by atoms with Gasteiger partial charge in [0.25, 0.3) is 5.56 Å². The fourth-order valence-corrected chi connectivity index (χ4v) is 2.36. The second kappa shape index (κ2) is 5.63. The Morgan fingerprint density at radius 1 is 1.33 bits per heavy atom. The van der Waals surface area contributed by atoms with Crippen molar-refractivity contribution in [3.05, 3.63) is 68.6 Å².